The van der Waals surface area contributed by atoms with Gasteiger partial charge in [-0.15, -0.1) is 6.58 Å². The van der Waals surface area contributed by atoms with Crippen molar-refractivity contribution >= 4 is 11.7 Å². The molecule has 1 aromatic heterocycles. The number of carbonyl (C=O) groups excluding carboxylic acids is 1. The molecule has 0 unspecified atom stereocenters. The molecule has 0 saturated carbocycles. The van der Waals surface area contributed by atoms with Crippen molar-refractivity contribution < 1.29 is 4.79 Å². The topological polar surface area (TPSA) is 61.1 Å². The minimum absolute atomic E-state index is 0.210. The minimum Gasteiger partial charge on any atom is -0.345 e. The van der Waals surface area contributed by atoms with Crippen molar-refractivity contribution in [2.75, 3.05) is 11.9 Å². The number of nitriles is 1. The van der Waals surface area contributed by atoms with Crippen molar-refractivity contribution in [1.82, 2.24) is 9.47 Å². The third kappa shape index (κ3) is 5.14. The first-order valence-electron chi connectivity index (χ1n) is 9.46. The Kier molecular flexibility index (Phi) is 6.49. The highest BCUT2D eigenvalue weighted by Gasteiger charge is 2.15. The number of anilines is 1. The van der Waals surface area contributed by atoms with Gasteiger partial charge in [-0.2, -0.15) is 5.26 Å². The lowest BCUT2D eigenvalue weighted by Gasteiger charge is -2.23. The van der Waals surface area contributed by atoms with Crippen LogP contribution >= 0.6 is 0 Å². The van der Waals surface area contributed by atoms with Gasteiger partial charge in [-0.05, 0) is 54.4 Å². The maximum absolute atomic E-state index is 12.8. The van der Waals surface area contributed by atoms with Crippen molar-refractivity contribution in [2.24, 2.45) is 0 Å². The number of rotatable bonds is 7. The normalized spacial score (nSPS) is 10.2. The molecule has 3 rings (SSSR count). The van der Waals surface area contributed by atoms with Crippen LogP contribution in [0.3, 0.4) is 0 Å². The van der Waals surface area contributed by atoms with E-state index in [-0.39, 0.29) is 6.03 Å². The van der Waals surface area contributed by atoms with E-state index in [0.29, 0.717) is 24.3 Å². The summed E-state index contributed by atoms with van der Waals surface area (Å²) in [7, 11) is 0. The van der Waals surface area contributed by atoms with Gasteiger partial charge >= 0.3 is 6.03 Å². The van der Waals surface area contributed by atoms with Crippen LogP contribution in [0.4, 0.5) is 10.5 Å². The molecule has 1 N–H and O–H groups in total. The summed E-state index contributed by atoms with van der Waals surface area (Å²) in [5, 5.41) is 11.8. The first kappa shape index (κ1) is 20.0. The Morgan fingerprint density at radius 3 is 2.62 bits per heavy atom. The van der Waals surface area contributed by atoms with Gasteiger partial charge in [-0.3, -0.25) is 0 Å². The quantitative estimate of drug-likeness (QED) is 0.587. The summed E-state index contributed by atoms with van der Waals surface area (Å²) >= 11 is 0. The van der Waals surface area contributed by atoms with Crippen LogP contribution in [-0.4, -0.2) is 22.0 Å². The zero-order chi connectivity index (χ0) is 20.6. The molecule has 5 heteroatoms. The zero-order valence-electron chi connectivity index (χ0n) is 16.5. The molecular formula is C24H24N4O. The smallest absolute Gasteiger partial charge is 0.322 e. The number of hydrogen-bond donors (Lipinski definition) is 1. The van der Waals surface area contributed by atoms with Gasteiger partial charge in [0, 0.05) is 30.7 Å². The van der Waals surface area contributed by atoms with Gasteiger partial charge in [0.2, 0.25) is 0 Å². The van der Waals surface area contributed by atoms with Gasteiger partial charge in [-0.25, -0.2) is 4.79 Å². The second-order valence-electron chi connectivity index (χ2n) is 6.84. The molecular weight excluding hydrogens is 360 g/mol. The molecule has 0 saturated heterocycles. The number of aryl methyl sites for hydroxylation is 1. The third-order valence-corrected chi connectivity index (χ3v) is 4.78. The molecule has 0 aliphatic carbocycles. The lowest BCUT2D eigenvalue weighted by molar-refractivity contribution is 0.214. The molecule has 0 fully saturated rings. The molecule has 3 aromatic rings. The summed E-state index contributed by atoms with van der Waals surface area (Å²) in [6.07, 6.45) is 3.75. The van der Waals surface area contributed by atoms with E-state index in [0.717, 1.165) is 12.2 Å². The number of urea groups is 1. The Balaban J connectivity index is 1.73. The molecule has 5 nitrogen and oxygen atoms in total. The van der Waals surface area contributed by atoms with Crippen molar-refractivity contribution in [3.05, 3.63) is 102 Å². The van der Waals surface area contributed by atoms with E-state index < -0.39 is 0 Å². The van der Waals surface area contributed by atoms with Crippen molar-refractivity contribution in [3.8, 4) is 6.07 Å². The molecule has 0 radical (unpaired) electrons. The van der Waals surface area contributed by atoms with E-state index in [1.54, 1.807) is 35.2 Å². The highest BCUT2D eigenvalue weighted by molar-refractivity contribution is 5.89. The summed E-state index contributed by atoms with van der Waals surface area (Å²) in [6, 6.07) is 21.0. The van der Waals surface area contributed by atoms with Crippen LogP contribution in [0.25, 0.3) is 0 Å². The van der Waals surface area contributed by atoms with Gasteiger partial charge in [0.25, 0.3) is 0 Å². The number of carbonyl (C=O) groups is 1. The SMILES string of the molecule is C=CCN(Cc1cccn1Cc1ccccc1C)C(=O)Nc1ccc(C#N)cc1. The Labute approximate surface area is 171 Å². The number of aromatic nitrogens is 1. The van der Waals surface area contributed by atoms with Gasteiger partial charge in [-0.1, -0.05) is 30.3 Å². The van der Waals surface area contributed by atoms with Crippen LogP contribution < -0.4 is 5.32 Å². The molecule has 0 atom stereocenters. The van der Waals surface area contributed by atoms with Crippen molar-refractivity contribution in [3.63, 3.8) is 0 Å². The first-order valence-corrected chi connectivity index (χ1v) is 9.46. The minimum atomic E-state index is -0.210. The fraction of sp³-hybridized carbons (Fsp3) is 0.167. The van der Waals surface area contributed by atoms with E-state index in [1.807, 2.05) is 30.5 Å². The largest absolute Gasteiger partial charge is 0.345 e. The van der Waals surface area contributed by atoms with Crippen molar-refractivity contribution in [1.29, 1.82) is 5.26 Å². The fourth-order valence-corrected chi connectivity index (χ4v) is 3.12. The molecule has 29 heavy (non-hydrogen) atoms. The second kappa shape index (κ2) is 9.43. The molecule has 1 heterocycles. The van der Waals surface area contributed by atoms with E-state index in [9.17, 15) is 4.79 Å². The number of amides is 2. The van der Waals surface area contributed by atoms with Crippen molar-refractivity contribution in [2.45, 2.75) is 20.0 Å². The average molecular weight is 384 g/mol. The predicted octanol–water partition coefficient (Wildman–Crippen LogP) is 4.94. The summed E-state index contributed by atoms with van der Waals surface area (Å²) < 4.78 is 2.16. The standard InChI is InChI=1S/C24H24N4O/c1-3-14-28(24(29)26-22-12-10-20(16-25)11-13-22)18-23-9-6-15-27(23)17-21-8-5-4-7-19(21)2/h3-13,15H,1,14,17-18H2,2H3,(H,26,29). The number of benzene rings is 2. The molecule has 2 aromatic carbocycles. The Hall–Kier alpha value is -3.78. The molecule has 2 amide bonds. The summed E-state index contributed by atoms with van der Waals surface area (Å²) in [6.45, 7) is 7.54. The Morgan fingerprint density at radius 1 is 1.17 bits per heavy atom. The third-order valence-electron chi connectivity index (χ3n) is 4.78. The van der Waals surface area contributed by atoms with Crippen LogP contribution in [0.15, 0.2) is 79.5 Å². The zero-order valence-corrected chi connectivity index (χ0v) is 16.5. The first-order chi connectivity index (χ1) is 14.1. The van der Waals surface area contributed by atoms with Crippen LogP contribution in [-0.2, 0) is 13.1 Å². The van der Waals surface area contributed by atoms with Gasteiger partial charge in [0.15, 0.2) is 0 Å². The number of hydrogen-bond acceptors (Lipinski definition) is 2. The van der Waals surface area contributed by atoms with Gasteiger partial charge in [0.1, 0.15) is 0 Å². The Bertz CT molecular complexity index is 1030. The second-order valence-corrected chi connectivity index (χ2v) is 6.84. The Morgan fingerprint density at radius 2 is 1.93 bits per heavy atom. The van der Waals surface area contributed by atoms with Gasteiger partial charge in [0.05, 0.1) is 18.2 Å². The lowest BCUT2D eigenvalue weighted by atomic mass is 10.1. The maximum Gasteiger partial charge on any atom is 0.322 e. The van der Waals surface area contributed by atoms with Crippen LogP contribution in [0.1, 0.15) is 22.4 Å². The number of nitrogens with one attached hydrogen (secondary N) is 1. The lowest BCUT2D eigenvalue weighted by Crippen LogP contribution is -2.35. The fourth-order valence-electron chi connectivity index (χ4n) is 3.12. The van der Waals surface area contributed by atoms with Crippen LogP contribution in [0, 0.1) is 18.3 Å². The van der Waals surface area contributed by atoms with Crippen LogP contribution in [0.5, 0.6) is 0 Å². The molecule has 146 valence electrons. The highest BCUT2D eigenvalue weighted by atomic mass is 16.2. The van der Waals surface area contributed by atoms with E-state index in [2.05, 4.69) is 41.6 Å². The van der Waals surface area contributed by atoms with E-state index >= 15 is 0 Å². The van der Waals surface area contributed by atoms with E-state index in [1.165, 1.54) is 11.1 Å². The van der Waals surface area contributed by atoms with Crippen LogP contribution in [0.2, 0.25) is 0 Å². The summed E-state index contributed by atoms with van der Waals surface area (Å²) in [5.74, 6) is 0. The maximum atomic E-state index is 12.8. The molecule has 0 spiro atoms. The predicted molar refractivity (Wildman–Crippen MR) is 115 cm³/mol. The highest BCUT2D eigenvalue weighted by Crippen LogP contribution is 2.15. The monoisotopic (exact) mass is 384 g/mol. The van der Waals surface area contributed by atoms with Gasteiger partial charge < -0.3 is 14.8 Å². The molecule has 0 aliphatic rings. The molecule has 0 aliphatic heterocycles. The average Bonchev–Trinajstić information content (AvgIpc) is 3.16. The molecule has 0 bridgehead atoms. The number of nitrogens with zero attached hydrogens (tertiary/aromatic N) is 3. The van der Waals surface area contributed by atoms with E-state index in [4.69, 9.17) is 5.26 Å². The summed E-state index contributed by atoms with van der Waals surface area (Å²) in [5.41, 5.74) is 4.75. The summed E-state index contributed by atoms with van der Waals surface area (Å²) in [4.78, 5) is 14.5.